The van der Waals surface area contributed by atoms with Crippen molar-refractivity contribution in [2.45, 2.75) is 39.0 Å². The maximum absolute atomic E-state index is 12.8. The summed E-state index contributed by atoms with van der Waals surface area (Å²) in [6.45, 7) is 3.22. The molecule has 3 aromatic rings. The van der Waals surface area contributed by atoms with Gasteiger partial charge in [0, 0.05) is 0 Å². The second kappa shape index (κ2) is 14.5. The number of amides is 1. The zero-order valence-electron chi connectivity index (χ0n) is 23.6. The Hall–Kier alpha value is -4.37. The van der Waals surface area contributed by atoms with Crippen molar-refractivity contribution in [2.24, 2.45) is 10.1 Å². The van der Waals surface area contributed by atoms with Crippen LogP contribution < -0.4 is 14.2 Å². The van der Waals surface area contributed by atoms with E-state index in [2.05, 4.69) is 29.2 Å². The molecule has 8 nitrogen and oxygen atoms in total. The Labute approximate surface area is 250 Å². The molecular formula is C33H34N4O4S. The number of carbonyl (C=O) groups is 1. The molecule has 5 rings (SSSR count). The number of hydrogen-bond donors (Lipinski definition) is 1. The predicted octanol–water partition coefficient (Wildman–Crippen LogP) is 6.97. The number of rotatable bonds is 14. The molecule has 0 saturated carbocycles. The van der Waals surface area contributed by atoms with Crippen LogP contribution in [-0.2, 0) is 11.2 Å². The number of hydrogen-bond acceptors (Lipinski definition) is 7. The van der Waals surface area contributed by atoms with Crippen molar-refractivity contribution >= 4 is 39.8 Å². The predicted molar refractivity (Wildman–Crippen MR) is 169 cm³/mol. The summed E-state index contributed by atoms with van der Waals surface area (Å²) in [5.41, 5.74) is 2.21. The molecule has 42 heavy (non-hydrogen) atoms. The zero-order chi connectivity index (χ0) is 29.1. The van der Waals surface area contributed by atoms with E-state index >= 15 is 0 Å². The number of thioether (sulfide) groups is 1. The number of nitrogens with zero attached hydrogens (tertiary/aromatic N) is 3. The molecule has 2 heterocycles. The van der Waals surface area contributed by atoms with Crippen molar-refractivity contribution in [2.75, 3.05) is 19.8 Å². The summed E-state index contributed by atoms with van der Waals surface area (Å²) in [7, 11) is 0. The number of amidine groups is 2. The fourth-order valence-electron chi connectivity index (χ4n) is 4.44. The summed E-state index contributed by atoms with van der Waals surface area (Å²) in [6.07, 6.45) is 7.77. The van der Waals surface area contributed by atoms with Gasteiger partial charge in [-0.15, -0.1) is 0 Å². The van der Waals surface area contributed by atoms with Crippen LogP contribution in [0.3, 0.4) is 0 Å². The standard InChI is InChI=1S/C33H34N4O4S/c1-2-3-4-6-10-24-15-17-27(18-16-24)39-19-20-40-28-14-9-11-25(21-28)22-29-31(34)37-33(35-32(29)38)42-30(36-37)23-41-26-12-7-5-8-13-26/h5,7-9,11-18,21-22,34H,2-4,6,10,19-20,23H2,1H3/b29-22-,34-31?. The average molecular weight is 583 g/mol. The smallest absolute Gasteiger partial charge is 0.283 e. The zero-order valence-corrected chi connectivity index (χ0v) is 24.4. The highest BCUT2D eigenvalue weighted by Gasteiger charge is 2.35. The van der Waals surface area contributed by atoms with E-state index in [1.165, 1.54) is 48.0 Å². The molecule has 1 amide bonds. The minimum atomic E-state index is -0.481. The van der Waals surface area contributed by atoms with Gasteiger partial charge in [0.1, 0.15) is 42.1 Å². The fourth-order valence-corrected chi connectivity index (χ4v) is 5.24. The monoisotopic (exact) mass is 582 g/mol. The van der Waals surface area contributed by atoms with E-state index in [1.54, 1.807) is 6.08 Å². The first-order valence-electron chi connectivity index (χ1n) is 14.2. The molecule has 9 heteroatoms. The van der Waals surface area contributed by atoms with Crippen LogP contribution >= 0.6 is 11.8 Å². The first kappa shape index (κ1) is 29.1. The number of unbranched alkanes of at least 4 members (excludes halogenated alkanes) is 3. The van der Waals surface area contributed by atoms with Gasteiger partial charge in [-0.2, -0.15) is 15.1 Å². The third-order valence-corrected chi connectivity index (χ3v) is 7.52. The van der Waals surface area contributed by atoms with Crippen LogP contribution in [-0.4, -0.2) is 46.8 Å². The molecule has 1 N–H and O–H groups in total. The van der Waals surface area contributed by atoms with Gasteiger partial charge in [0.05, 0.1) is 5.57 Å². The molecule has 3 aromatic carbocycles. The summed E-state index contributed by atoms with van der Waals surface area (Å²) in [4.78, 5) is 17.0. The lowest BCUT2D eigenvalue weighted by Crippen LogP contribution is -2.35. The summed E-state index contributed by atoms with van der Waals surface area (Å²) in [5.74, 6) is 1.67. The number of fused-ring (bicyclic) bond motifs is 1. The summed E-state index contributed by atoms with van der Waals surface area (Å²) >= 11 is 1.23. The minimum Gasteiger partial charge on any atom is -0.490 e. The summed E-state index contributed by atoms with van der Waals surface area (Å²) < 4.78 is 17.5. The van der Waals surface area contributed by atoms with Crippen LogP contribution in [0.2, 0.25) is 0 Å². The average Bonchev–Trinajstić information content (AvgIpc) is 3.43. The van der Waals surface area contributed by atoms with Gasteiger partial charge in [0.2, 0.25) is 5.17 Å². The SMILES string of the molecule is CCCCCCc1ccc(OCCOc2cccc(/C=C3/C(=N)N4N=C(COc5ccccc5)SC4=NC3=O)c2)cc1. The quantitative estimate of drug-likeness (QED) is 0.163. The lowest BCUT2D eigenvalue weighted by molar-refractivity contribution is -0.114. The lowest BCUT2D eigenvalue weighted by Gasteiger charge is -2.20. The largest absolute Gasteiger partial charge is 0.490 e. The van der Waals surface area contributed by atoms with E-state index in [4.69, 9.17) is 19.6 Å². The highest BCUT2D eigenvalue weighted by Crippen LogP contribution is 2.29. The van der Waals surface area contributed by atoms with Gasteiger partial charge >= 0.3 is 0 Å². The normalized spacial score (nSPS) is 15.4. The second-order valence-corrected chi connectivity index (χ2v) is 10.9. The molecule has 0 aromatic heterocycles. The first-order chi connectivity index (χ1) is 20.6. The maximum Gasteiger partial charge on any atom is 0.283 e. The number of ether oxygens (including phenoxy) is 3. The summed E-state index contributed by atoms with van der Waals surface area (Å²) in [5, 5.41) is 15.4. The van der Waals surface area contributed by atoms with E-state index < -0.39 is 5.91 Å². The van der Waals surface area contributed by atoms with Crippen molar-refractivity contribution in [1.82, 2.24) is 5.01 Å². The van der Waals surface area contributed by atoms with Crippen LogP contribution in [0.25, 0.3) is 6.08 Å². The van der Waals surface area contributed by atoms with Crippen molar-refractivity contribution in [3.63, 3.8) is 0 Å². The Bertz CT molecular complexity index is 1490. The molecule has 0 unspecified atom stereocenters. The van der Waals surface area contributed by atoms with Gasteiger partial charge in [0.15, 0.2) is 5.84 Å². The Kier molecular flexibility index (Phi) is 10.1. The van der Waals surface area contributed by atoms with E-state index in [0.717, 1.165) is 23.5 Å². The molecule has 2 aliphatic heterocycles. The van der Waals surface area contributed by atoms with Crippen LogP contribution in [0.5, 0.6) is 17.2 Å². The molecule has 0 saturated heterocycles. The number of carbonyl (C=O) groups excluding carboxylic acids is 1. The number of aryl methyl sites for hydroxylation is 1. The van der Waals surface area contributed by atoms with Gasteiger partial charge in [-0.05, 0) is 78.2 Å². The van der Waals surface area contributed by atoms with Crippen molar-refractivity contribution < 1.29 is 19.0 Å². The Morgan fingerprint density at radius 1 is 0.857 bits per heavy atom. The molecule has 0 bridgehead atoms. The third-order valence-electron chi connectivity index (χ3n) is 6.63. The van der Waals surface area contributed by atoms with Crippen molar-refractivity contribution in [3.05, 3.63) is 95.6 Å². The first-order valence-corrected chi connectivity index (χ1v) is 15.0. The number of benzene rings is 3. The Morgan fingerprint density at radius 3 is 2.38 bits per heavy atom. The van der Waals surface area contributed by atoms with Crippen molar-refractivity contribution in [3.8, 4) is 17.2 Å². The number of hydrazone groups is 1. The van der Waals surface area contributed by atoms with Crippen LogP contribution in [0.1, 0.15) is 43.7 Å². The number of nitrogens with one attached hydrogen (secondary N) is 1. The van der Waals surface area contributed by atoms with Crippen LogP contribution in [0.15, 0.2) is 94.5 Å². The van der Waals surface area contributed by atoms with E-state index in [1.807, 2.05) is 66.7 Å². The molecule has 0 aliphatic carbocycles. The molecule has 2 aliphatic rings. The van der Waals surface area contributed by atoms with Crippen LogP contribution in [0.4, 0.5) is 0 Å². The number of para-hydroxylation sites is 1. The van der Waals surface area contributed by atoms with Gasteiger partial charge in [-0.1, -0.05) is 68.7 Å². The fraction of sp³-hybridized carbons (Fsp3) is 0.273. The summed E-state index contributed by atoms with van der Waals surface area (Å²) in [6, 6.07) is 25.0. The molecule has 216 valence electrons. The maximum atomic E-state index is 12.8. The van der Waals surface area contributed by atoms with Gasteiger partial charge in [-0.3, -0.25) is 10.2 Å². The highest BCUT2D eigenvalue weighted by atomic mass is 32.2. The molecular weight excluding hydrogens is 548 g/mol. The topological polar surface area (TPSA) is 96.6 Å². The molecule has 0 atom stereocenters. The van der Waals surface area contributed by atoms with E-state index in [0.29, 0.717) is 29.2 Å². The van der Waals surface area contributed by atoms with E-state index in [9.17, 15) is 4.79 Å². The Morgan fingerprint density at radius 2 is 1.60 bits per heavy atom. The van der Waals surface area contributed by atoms with Gasteiger partial charge < -0.3 is 14.2 Å². The van der Waals surface area contributed by atoms with Gasteiger partial charge in [0.25, 0.3) is 5.91 Å². The lowest BCUT2D eigenvalue weighted by atomic mass is 10.1. The molecule has 0 spiro atoms. The minimum absolute atomic E-state index is 0.0288. The second-order valence-electron chi connectivity index (χ2n) is 9.84. The highest BCUT2D eigenvalue weighted by molar-refractivity contribution is 8.27. The molecule has 0 fully saturated rings. The Balaban J connectivity index is 1.12. The molecule has 0 radical (unpaired) electrons. The van der Waals surface area contributed by atoms with E-state index in [-0.39, 0.29) is 18.0 Å². The third kappa shape index (κ3) is 7.88. The van der Waals surface area contributed by atoms with Crippen molar-refractivity contribution in [1.29, 1.82) is 5.41 Å². The van der Waals surface area contributed by atoms with Crippen LogP contribution in [0, 0.1) is 5.41 Å². The number of aliphatic imine (C=N–C) groups is 1. The van der Waals surface area contributed by atoms with Gasteiger partial charge in [-0.25, -0.2) is 0 Å².